The van der Waals surface area contributed by atoms with Gasteiger partial charge in [0, 0.05) is 0 Å². The molecule has 1 heteroatoms. The van der Waals surface area contributed by atoms with Crippen LogP contribution in [0.25, 0.3) is 0 Å². The van der Waals surface area contributed by atoms with Crippen molar-refractivity contribution in [2.75, 3.05) is 0 Å². The van der Waals surface area contributed by atoms with Crippen molar-refractivity contribution < 1.29 is 0 Å². The lowest BCUT2D eigenvalue weighted by molar-refractivity contribution is 0.606. The summed E-state index contributed by atoms with van der Waals surface area (Å²) in [7, 11) is -1.05. The molecule has 0 nitrogen and oxygen atoms in total. The van der Waals surface area contributed by atoms with Crippen LogP contribution in [0, 0.1) is 23.7 Å². The van der Waals surface area contributed by atoms with Crippen LogP contribution in [0.2, 0.25) is 24.2 Å². The van der Waals surface area contributed by atoms with Crippen molar-refractivity contribution >= 4 is 8.07 Å². The van der Waals surface area contributed by atoms with Crippen LogP contribution < -0.4 is 0 Å². The minimum Gasteiger partial charge on any atom is -0.0851 e. The molecule has 4 bridgehead atoms. The standard InChI is InChI=1S/C16H24Si/c1-17(2,15-9-11-3-5-13(15)7-11)16-10-12-4-6-14(16)8-12/h3-6,11-16H,7-10H2,1-2H3. The maximum Gasteiger partial charge on any atom is 0.0548 e. The van der Waals surface area contributed by atoms with Crippen molar-refractivity contribution in [3.05, 3.63) is 24.3 Å². The first kappa shape index (κ1) is 10.6. The Morgan fingerprint density at radius 2 is 1.18 bits per heavy atom. The van der Waals surface area contributed by atoms with Gasteiger partial charge in [-0.3, -0.25) is 0 Å². The predicted octanol–water partition coefficient (Wildman–Crippen LogP) is 4.63. The lowest BCUT2D eigenvalue weighted by atomic mass is 10.1. The fraction of sp³-hybridized carbons (Fsp3) is 0.750. The highest BCUT2D eigenvalue weighted by atomic mass is 28.3. The molecular weight excluding hydrogens is 220 g/mol. The van der Waals surface area contributed by atoms with Gasteiger partial charge in [0.15, 0.2) is 0 Å². The minimum absolute atomic E-state index is 0.964. The summed E-state index contributed by atoms with van der Waals surface area (Å²) in [5.74, 6) is 3.88. The highest BCUT2D eigenvalue weighted by molar-refractivity contribution is 6.80. The van der Waals surface area contributed by atoms with Crippen LogP contribution in [0.1, 0.15) is 25.7 Å². The summed E-state index contributed by atoms with van der Waals surface area (Å²) in [4.78, 5) is 0. The van der Waals surface area contributed by atoms with Gasteiger partial charge in [0.25, 0.3) is 0 Å². The average Bonchev–Trinajstić information content (AvgIpc) is 3.07. The molecule has 0 aromatic heterocycles. The molecule has 4 aliphatic carbocycles. The Morgan fingerprint density at radius 3 is 1.47 bits per heavy atom. The van der Waals surface area contributed by atoms with Crippen molar-refractivity contribution in [2.24, 2.45) is 23.7 Å². The minimum atomic E-state index is -1.05. The van der Waals surface area contributed by atoms with E-state index in [-0.39, 0.29) is 0 Å². The molecule has 0 aliphatic heterocycles. The van der Waals surface area contributed by atoms with E-state index in [1.165, 1.54) is 25.7 Å². The Hall–Kier alpha value is -0.303. The highest BCUT2D eigenvalue weighted by Gasteiger charge is 2.52. The van der Waals surface area contributed by atoms with Gasteiger partial charge in [0.05, 0.1) is 8.07 Å². The molecule has 2 saturated carbocycles. The second-order valence-corrected chi connectivity index (χ2v) is 12.7. The lowest BCUT2D eigenvalue weighted by Gasteiger charge is -2.41. The molecule has 0 heterocycles. The number of allylic oxidation sites excluding steroid dienone is 4. The first-order valence-corrected chi connectivity index (χ1v) is 10.7. The molecule has 0 N–H and O–H groups in total. The molecule has 4 rings (SSSR count). The van der Waals surface area contributed by atoms with E-state index in [0.29, 0.717) is 0 Å². The van der Waals surface area contributed by atoms with Crippen LogP contribution in [-0.4, -0.2) is 8.07 Å². The summed E-state index contributed by atoms with van der Waals surface area (Å²) < 4.78 is 0. The largest absolute Gasteiger partial charge is 0.0851 e. The van der Waals surface area contributed by atoms with E-state index in [4.69, 9.17) is 0 Å². The molecule has 0 saturated heterocycles. The number of hydrogen-bond donors (Lipinski definition) is 0. The summed E-state index contributed by atoms with van der Waals surface area (Å²) in [5, 5.41) is 0. The summed E-state index contributed by atoms with van der Waals surface area (Å²) in [6.07, 6.45) is 16.2. The fourth-order valence-corrected chi connectivity index (χ4v) is 10.6. The van der Waals surface area contributed by atoms with Crippen LogP contribution >= 0.6 is 0 Å². The lowest BCUT2D eigenvalue weighted by Crippen LogP contribution is -2.41. The van der Waals surface area contributed by atoms with Crippen LogP contribution in [0.3, 0.4) is 0 Å². The topological polar surface area (TPSA) is 0 Å². The quantitative estimate of drug-likeness (QED) is 0.491. The Balaban J connectivity index is 1.60. The zero-order valence-corrected chi connectivity index (χ0v) is 12.1. The molecule has 2 fully saturated rings. The molecule has 17 heavy (non-hydrogen) atoms. The van der Waals surface area contributed by atoms with Crippen LogP contribution in [0.5, 0.6) is 0 Å². The van der Waals surface area contributed by atoms with Gasteiger partial charge in [-0.05, 0) is 60.4 Å². The Kier molecular flexibility index (Phi) is 2.10. The fourth-order valence-electron chi connectivity index (χ4n) is 5.55. The monoisotopic (exact) mass is 244 g/mol. The molecular formula is C16H24Si. The Bertz CT molecular complexity index is 356. The third-order valence-corrected chi connectivity index (χ3v) is 11.6. The van der Waals surface area contributed by atoms with Crippen molar-refractivity contribution in [1.29, 1.82) is 0 Å². The van der Waals surface area contributed by atoms with E-state index in [0.717, 1.165) is 34.8 Å². The predicted molar refractivity (Wildman–Crippen MR) is 75.7 cm³/mol. The third kappa shape index (κ3) is 1.41. The van der Waals surface area contributed by atoms with E-state index in [2.05, 4.69) is 37.4 Å². The molecule has 4 aliphatic rings. The van der Waals surface area contributed by atoms with Crippen LogP contribution in [0.15, 0.2) is 24.3 Å². The summed E-state index contributed by atoms with van der Waals surface area (Å²) in [5.41, 5.74) is 2.21. The Morgan fingerprint density at radius 1 is 0.706 bits per heavy atom. The average molecular weight is 244 g/mol. The maximum atomic E-state index is 2.71. The molecule has 0 aromatic rings. The zero-order chi connectivity index (χ0) is 11.6. The van der Waals surface area contributed by atoms with Crippen molar-refractivity contribution in [3.8, 4) is 0 Å². The smallest absolute Gasteiger partial charge is 0.0548 e. The van der Waals surface area contributed by atoms with Crippen molar-refractivity contribution in [3.63, 3.8) is 0 Å². The van der Waals surface area contributed by atoms with Gasteiger partial charge in [-0.2, -0.15) is 0 Å². The van der Waals surface area contributed by atoms with Crippen LogP contribution in [0.4, 0.5) is 0 Å². The zero-order valence-electron chi connectivity index (χ0n) is 11.1. The van der Waals surface area contributed by atoms with Crippen molar-refractivity contribution in [1.82, 2.24) is 0 Å². The number of hydrogen-bond acceptors (Lipinski definition) is 0. The SMILES string of the molecule is C[Si](C)(C1CC2C=CC1C2)C1CC2C=CC1C2. The molecule has 0 spiro atoms. The number of fused-ring (bicyclic) bond motifs is 4. The van der Waals surface area contributed by atoms with Crippen molar-refractivity contribution in [2.45, 2.75) is 49.9 Å². The van der Waals surface area contributed by atoms with Crippen LogP contribution in [-0.2, 0) is 0 Å². The van der Waals surface area contributed by atoms with Gasteiger partial charge in [-0.1, -0.05) is 37.4 Å². The molecule has 92 valence electrons. The summed E-state index contributed by atoms with van der Waals surface area (Å²) >= 11 is 0. The summed E-state index contributed by atoms with van der Waals surface area (Å²) in [6.45, 7) is 5.43. The van der Waals surface area contributed by atoms with Gasteiger partial charge in [-0.25, -0.2) is 0 Å². The van der Waals surface area contributed by atoms with Gasteiger partial charge < -0.3 is 0 Å². The van der Waals surface area contributed by atoms with Gasteiger partial charge in [0.1, 0.15) is 0 Å². The molecule has 6 unspecified atom stereocenters. The molecule has 0 radical (unpaired) electrons. The second kappa shape index (κ2) is 3.37. The summed E-state index contributed by atoms with van der Waals surface area (Å²) in [6, 6.07) is 0. The number of rotatable bonds is 2. The van der Waals surface area contributed by atoms with Gasteiger partial charge >= 0.3 is 0 Å². The first-order valence-electron chi connectivity index (χ1n) is 7.51. The van der Waals surface area contributed by atoms with E-state index in [1.807, 2.05) is 0 Å². The highest BCUT2D eigenvalue weighted by Crippen LogP contribution is 2.60. The normalized spacial score (nSPS) is 50.7. The molecule has 0 aromatic carbocycles. The molecule has 0 amide bonds. The Labute approximate surface area is 106 Å². The first-order chi connectivity index (χ1) is 8.14. The molecule has 6 atom stereocenters. The third-order valence-electron chi connectivity index (χ3n) is 6.47. The van der Waals surface area contributed by atoms with E-state index < -0.39 is 8.07 Å². The second-order valence-electron chi connectivity index (χ2n) is 7.59. The van der Waals surface area contributed by atoms with E-state index in [9.17, 15) is 0 Å². The maximum absolute atomic E-state index is 2.71. The van der Waals surface area contributed by atoms with E-state index in [1.54, 1.807) is 0 Å². The van der Waals surface area contributed by atoms with Gasteiger partial charge in [-0.15, -0.1) is 0 Å². The van der Waals surface area contributed by atoms with Gasteiger partial charge in [0.2, 0.25) is 0 Å². The van der Waals surface area contributed by atoms with E-state index >= 15 is 0 Å².